The van der Waals surface area contributed by atoms with Gasteiger partial charge in [-0.3, -0.25) is 0 Å². The molecule has 0 aromatic carbocycles. The molecule has 0 aromatic rings. The summed E-state index contributed by atoms with van der Waals surface area (Å²) in [6.45, 7) is 1.06. The summed E-state index contributed by atoms with van der Waals surface area (Å²) in [6.07, 6.45) is -1.08. The maximum absolute atomic E-state index is 8.69. The van der Waals surface area contributed by atoms with Gasteiger partial charge in [0.15, 0.2) is 0 Å². The summed E-state index contributed by atoms with van der Waals surface area (Å²) in [7, 11) is 0. The maximum Gasteiger partial charge on any atom is 0.0935 e. The second kappa shape index (κ2) is 1.78. The van der Waals surface area contributed by atoms with Crippen LogP contribution in [0, 0.1) is 0 Å². The van der Waals surface area contributed by atoms with Gasteiger partial charge in [0, 0.05) is 13.1 Å². The number of β-amino-alcohol motifs (C(OH)–C–C–N with tert-alkyl or cyclic N) is 2. The van der Waals surface area contributed by atoms with Crippen LogP contribution in [-0.4, -0.2) is 35.5 Å². The van der Waals surface area contributed by atoms with E-state index in [2.05, 4.69) is 5.32 Å². The van der Waals surface area contributed by atoms with Gasteiger partial charge in [-0.05, 0) is 0 Å². The van der Waals surface area contributed by atoms with Crippen LogP contribution < -0.4 is 5.32 Å². The zero-order valence-corrected chi connectivity index (χ0v) is 3.96. The molecule has 0 amide bonds. The van der Waals surface area contributed by atoms with Crippen molar-refractivity contribution in [3.8, 4) is 0 Å². The molecule has 1 fully saturated rings. The Morgan fingerprint density at radius 1 is 1.14 bits per heavy atom. The van der Waals surface area contributed by atoms with Crippen LogP contribution in [0.15, 0.2) is 0 Å². The Balaban J connectivity index is 2.33. The highest BCUT2D eigenvalue weighted by molar-refractivity contribution is 4.78. The molecular formula is C4H9NO2. The van der Waals surface area contributed by atoms with Crippen LogP contribution >= 0.6 is 0 Å². The van der Waals surface area contributed by atoms with Crippen molar-refractivity contribution in [1.29, 1.82) is 0 Å². The number of aliphatic hydroxyl groups is 2. The minimum Gasteiger partial charge on any atom is -0.389 e. The summed E-state index contributed by atoms with van der Waals surface area (Å²) >= 11 is 0. The monoisotopic (exact) mass is 103 g/mol. The summed E-state index contributed by atoms with van der Waals surface area (Å²) in [5.41, 5.74) is 0. The van der Waals surface area contributed by atoms with Crippen molar-refractivity contribution in [2.24, 2.45) is 0 Å². The van der Waals surface area contributed by atoms with Gasteiger partial charge >= 0.3 is 0 Å². The number of rotatable bonds is 0. The van der Waals surface area contributed by atoms with Crippen molar-refractivity contribution in [3.63, 3.8) is 0 Å². The van der Waals surface area contributed by atoms with E-state index in [0.717, 1.165) is 0 Å². The third-order valence-electron chi connectivity index (χ3n) is 1.15. The number of hydrogen-bond acceptors (Lipinski definition) is 3. The fourth-order valence-electron chi connectivity index (χ4n) is 0.651. The van der Waals surface area contributed by atoms with Crippen molar-refractivity contribution < 1.29 is 10.2 Å². The molecule has 3 N–H and O–H groups in total. The summed E-state index contributed by atoms with van der Waals surface area (Å²) in [6, 6.07) is 0. The van der Waals surface area contributed by atoms with Crippen LogP contribution in [0.25, 0.3) is 0 Å². The largest absolute Gasteiger partial charge is 0.389 e. The van der Waals surface area contributed by atoms with E-state index in [1.165, 1.54) is 0 Å². The third-order valence-corrected chi connectivity index (χ3v) is 1.15. The standard InChI is InChI=1S/C4H9NO2/c6-3-1-5-2-4(3)7/h3-7H,1-2H2/t3-,4?/m0/s1. The minimum absolute atomic E-state index is 0.529. The lowest BCUT2D eigenvalue weighted by Crippen LogP contribution is -2.22. The molecule has 1 unspecified atom stereocenters. The van der Waals surface area contributed by atoms with Gasteiger partial charge < -0.3 is 15.5 Å². The van der Waals surface area contributed by atoms with Crippen LogP contribution in [0.4, 0.5) is 0 Å². The van der Waals surface area contributed by atoms with Gasteiger partial charge in [-0.1, -0.05) is 0 Å². The van der Waals surface area contributed by atoms with Crippen molar-refractivity contribution >= 4 is 0 Å². The maximum atomic E-state index is 8.69. The Morgan fingerprint density at radius 2 is 1.57 bits per heavy atom. The predicted octanol–water partition coefficient (Wildman–Crippen LogP) is -1.69. The Labute approximate surface area is 42.0 Å². The average Bonchev–Trinajstić information content (AvgIpc) is 1.91. The first-order valence-corrected chi connectivity index (χ1v) is 2.37. The second-order valence-corrected chi connectivity index (χ2v) is 1.79. The van der Waals surface area contributed by atoms with E-state index >= 15 is 0 Å². The SMILES string of the molecule is OC1CNC[C@@H]1O. The van der Waals surface area contributed by atoms with Crippen LogP contribution in [0.5, 0.6) is 0 Å². The predicted molar refractivity (Wildman–Crippen MR) is 24.9 cm³/mol. The fourth-order valence-corrected chi connectivity index (χ4v) is 0.651. The molecule has 3 nitrogen and oxygen atoms in total. The van der Waals surface area contributed by atoms with Gasteiger partial charge in [0.1, 0.15) is 0 Å². The molecule has 1 saturated heterocycles. The summed E-state index contributed by atoms with van der Waals surface area (Å²) in [5.74, 6) is 0. The van der Waals surface area contributed by atoms with Crippen molar-refractivity contribution in [3.05, 3.63) is 0 Å². The van der Waals surface area contributed by atoms with Crippen LogP contribution in [0.3, 0.4) is 0 Å². The Kier molecular flexibility index (Phi) is 1.27. The molecule has 0 bridgehead atoms. The first-order valence-electron chi connectivity index (χ1n) is 2.37. The summed E-state index contributed by atoms with van der Waals surface area (Å²) in [4.78, 5) is 0. The fraction of sp³-hybridized carbons (Fsp3) is 1.00. The lowest BCUT2D eigenvalue weighted by atomic mass is 10.3. The van der Waals surface area contributed by atoms with E-state index in [9.17, 15) is 0 Å². The zero-order chi connectivity index (χ0) is 5.28. The Hall–Kier alpha value is -0.120. The van der Waals surface area contributed by atoms with E-state index in [0.29, 0.717) is 13.1 Å². The van der Waals surface area contributed by atoms with Crippen LogP contribution in [0.2, 0.25) is 0 Å². The highest BCUT2D eigenvalue weighted by atomic mass is 16.3. The normalized spacial score (nSPS) is 42.0. The third kappa shape index (κ3) is 0.907. The smallest absolute Gasteiger partial charge is 0.0935 e. The lowest BCUT2D eigenvalue weighted by Gasteiger charge is -2.01. The van der Waals surface area contributed by atoms with Gasteiger partial charge in [-0.25, -0.2) is 0 Å². The minimum atomic E-state index is -0.542. The first kappa shape index (κ1) is 5.03. The molecule has 42 valence electrons. The van der Waals surface area contributed by atoms with E-state index < -0.39 is 12.2 Å². The molecular weight excluding hydrogens is 94.0 g/mol. The van der Waals surface area contributed by atoms with Crippen molar-refractivity contribution in [2.75, 3.05) is 13.1 Å². The van der Waals surface area contributed by atoms with E-state index in [1.807, 2.05) is 0 Å². The van der Waals surface area contributed by atoms with E-state index in [1.54, 1.807) is 0 Å². The number of aliphatic hydroxyl groups excluding tert-OH is 2. The zero-order valence-electron chi connectivity index (χ0n) is 3.96. The quantitative estimate of drug-likeness (QED) is 0.343. The molecule has 0 aliphatic carbocycles. The molecule has 0 radical (unpaired) electrons. The lowest BCUT2D eigenvalue weighted by molar-refractivity contribution is 0.0572. The number of hydrogen-bond donors (Lipinski definition) is 3. The molecule has 1 heterocycles. The van der Waals surface area contributed by atoms with Crippen molar-refractivity contribution in [1.82, 2.24) is 5.32 Å². The van der Waals surface area contributed by atoms with Gasteiger partial charge in [0.25, 0.3) is 0 Å². The van der Waals surface area contributed by atoms with Gasteiger partial charge in [-0.2, -0.15) is 0 Å². The molecule has 0 aromatic heterocycles. The molecule has 1 aliphatic heterocycles. The Bertz CT molecular complexity index is 58.7. The van der Waals surface area contributed by atoms with Crippen LogP contribution in [0.1, 0.15) is 0 Å². The van der Waals surface area contributed by atoms with Gasteiger partial charge in [-0.15, -0.1) is 0 Å². The molecule has 3 heteroatoms. The molecule has 2 atom stereocenters. The molecule has 1 aliphatic rings. The molecule has 7 heavy (non-hydrogen) atoms. The van der Waals surface area contributed by atoms with Crippen molar-refractivity contribution in [2.45, 2.75) is 12.2 Å². The number of nitrogens with one attached hydrogen (secondary N) is 1. The van der Waals surface area contributed by atoms with Gasteiger partial charge in [0.05, 0.1) is 12.2 Å². The highest BCUT2D eigenvalue weighted by Crippen LogP contribution is 1.96. The Morgan fingerprint density at radius 3 is 1.71 bits per heavy atom. The summed E-state index contributed by atoms with van der Waals surface area (Å²) < 4.78 is 0. The molecule has 0 saturated carbocycles. The van der Waals surface area contributed by atoms with E-state index in [4.69, 9.17) is 10.2 Å². The van der Waals surface area contributed by atoms with E-state index in [-0.39, 0.29) is 0 Å². The molecule has 0 spiro atoms. The molecule has 1 rings (SSSR count). The highest BCUT2D eigenvalue weighted by Gasteiger charge is 2.21. The first-order chi connectivity index (χ1) is 3.30. The van der Waals surface area contributed by atoms with Crippen LogP contribution in [-0.2, 0) is 0 Å². The summed E-state index contributed by atoms with van der Waals surface area (Å²) in [5, 5.41) is 20.2. The average molecular weight is 103 g/mol. The van der Waals surface area contributed by atoms with Gasteiger partial charge in [0.2, 0.25) is 0 Å². The second-order valence-electron chi connectivity index (χ2n) is 1.79. The topological polar surface area (TPSA) is 52.5 Å².